The molecule has 1 heterocycles. The highest BCUT2D eigenvalue weighted by Gasteiger charge is 2.58. The van der Waals surface area contributed by atoms with Crippen molar-refractivity contribution in [1.29, 1.82) is 0 Å². The minimum absolute atomic E-state index is 0.168. The highest BCUT2D eigenvalue weighted by molar-refractivity contribution is 5.82. The van der Waals surface area contributed by atoms with E-state index in [1.165, 1.54) is 11.6 Å². The molecule has 4 atom stereocenters. The summed E-state index contributed by atoms with van der Waals surface area (Å²) in [5.41, 5.74) is 2.35. The second-order valence-corrected chi connectivity index (χ2v) is 11.1. The van der Waals surface area contributed by atoms with Gasteiger partial charge in [0.25, 0.3) is 0 Å². The van der Waals surface area contributed by atoms with Crippen LogP contribution in [-0.4, -0.2) is 16.4 Å². The van der Waals surface area contributed by atoms with Crippen molar-refractivity contribution in [1.82, 2.24) is 10.3 Å². The number of nitrogens with one attached hydrogen (secondary N) is 1. The Hall–Kier alpha value is -1.97. The number of pyridine rings is 1. The Kier molecular flexibility index (Phi) is 4.75. The largest absolute Gasteiger partial charge is 0.352 e. The smallest absolute Gasteiger partial charge is 0.220 e. The molecule has 1 aromatic heterocycles. The van der Waals surface area contributed by atoms with Gasteiger partial charge in [-0.3, -0.25) is 9.78 Å². The maximum Gasteiger partial charge on any atom is 0.220 e. The molecule has 2 fully saturated rings. The van der Waals surface area contributed by atoms with E-state index < -0.39 is 0 Å². The van der Waals surface area contributed by atoms with E-state index in [2.05, 4.69) is 30.2 Å². The second kappa shape index (κ2) is 6.78. The van der Waals surface area contributed by atoms with Crippen molar-refractivity contribution in [3.63, 3.8) is 0 Å². The molecule has 1 amide bonds. The number of carbonyl (C=O) groups excluding carboxylic acids is 1. The van der Waals surface area contributed by atoms with Gasteiger partial charge < -0.3 is 5.32 Å². The third-order valence-corrected chi connectivity index (χ3v) is 7.49. The van der Waals surface area contributed by atoms with Crippen LogP contribution in [0, 0.1) is 22.6 Å². The summed E-state index contributed by atoms with van der Waals surface area (Å²) in [5.74, 6) is 0.829. The summed E-state index contributed by atoms with van der Waals surface area (Å²) in [5, 5.41) is 4.07. The number of benzene rings is 1. The first-order valence-corrected chi connectivity index (χ1v) is 10.8. The standard InChI is InChI=1S/C25H33FN2O/c1-23(2,3)28-22(29)10-16-12-24(4)14-17(15-25(24,5)13-16)19-8-9-27-21-7-6-18(26)11-20(19)21/h6-9,11,16-17H,10,12-15H2,1-5H3,(H,28,29)/t16-,17+,24-,25+. The molecule has 29 heavy (non-hydrogen) atoms. The van der Waals surface area contributed by atoms with Gasteiger partial charge >= 0.3 is 0 Å². The highest BCUT2D eigenvalue weighted by atomic mass is 19.1. The molecular weight excluding hydrogens is 363 g/mol. The van der Waals surface area contributed by atoms with E-state index >= 15 is 0 Å². The Morgan fingerprint density at radius 2 is 1.79 bits per heavy atom. The molecule has 156 valence electrons. The zero-order valence-corrected chi connectivity index (χ0v) is 18.3. The number of aromatic nitrogens is 1. The summed E-state index contributed by atoms with van der Waals surface area (Å²) < 4.78 is 13.9. The van der Waals surface area contributed by atoms with Gasteiger partial charge in [0.15, 0.2) is 0 Å². The number of nitrogens with zero attached hydrogens (tertiary/aromatic N) is 1. The fraction of sp³-hybridized carbons (Fsp3) is 0.600. The second-order valence-electron chi connectivity index (χ2n) is 11.1. The van der Waals surface area contributed by atoms with Crippen LogP contribution in [0.25, 0.3) is 10.9 Å². The summed E-state index contributed by atoms with van der Waals surface area (Å²) in [4.78, 5) is 16.9. The maximum absolute atomic E-state index is 13.9. The summed E-state index contributed by atoms with van der Waals surface area (Å²) in [6.45, 7) is 10.9. The van der Waals surface area contributed by atoms with E-state index in [4.69, 9.17) is 0 Å². The van der Waals surface area contributed by atoms with Crippen molar-refractivity contribution in [3.8, 4) is 0 Å². The summed E-state index contributed by atoms with van der Waals surface area (Å²) >= 11 is 0. The zero-order valence-electron chi connectivity index (χ0n) is 18.3. The van der Waals surface area contributed by atoms with Gasteiger partial charge in [0.1, 0.15) is 5.82 Å². The van der Waals surface area contributed by atoms with Gasteiger partial charge in [0, 0.05) is 23.5 Å². The van der Waals surface area contributed by atoms with Gasteiger partial charge in [-0.2, -0.15) is 0 Å². The molecule has 0 radical (unpaired) electrons. The van der Waals surface area contributed by atoms with Crippen LogP contribution < -0.4 is 5.32 Å². The molecule has 0 unspecified atom stereocenters. The average molecular weight is 397 g/mol. The minimum atomic E-state index is -0.202. The van der Waals surface area contributed by atoms with E-state index in [-0.39, 0.29) is 28.1 Å². The van der Waals surface area contributed by atoms with E-state index in [1.54, 1.807) is 12.1 Å². The lowest BCUT2D eigenvalue weighted by molar-refractivity contribution is -0.123. The monoisotopic (exact) mass is 396 g/mol. The molecule has 0 bridgehead atoms. The quantitative estimate of drug-likeness (QED) is 0.693. The van der Waals surface area contributed by atoms with Crippen LogP contribution in [0.2, 0.25) is 0 Å². The van der Waals surface area contributed by atoms with Gasteiger partial charge in [0.05, 0.1) is 5.52 Å². The van der Waals surface area contributed by atoms with Crippen molar-refractivity contribution in [2.45, 2.75) is 78.2 Å². The molecule has 2 saturated carbocycles. The van der Waals surface area contributed by atoms with Crippen LogP contribution >= 0.6 is 0 Å². The summed E-state index contributed by atoms with van der Waals surface area (Å²) in [6.07, 6.45) is 6.85. The highest BCUT2D eigenvalue weighted by Crippen LogP contribution is 2.68. The molecule has 3 nitrogen and oxygen atoms in total. The molecule has 0 saturated heterocycles. The van der Waals surface area contributed by atoms with E-state index in [0.717, 1.165) is 36.6 Å². The fourth-order valence-corrected chi connectivity index (χ4v) is 6.25. The summed E-state index contributed by atoms with van der Waals surface area (Å²) in [7, 11) is 0. The predicted octanol–water partition coefficient (Wildman–Crippen LogP) is 5.98. The SMILES string of the molecule is CC(C)(C)NC(=O)C[C@H]1C[C@@]2(C)C[C@@H](c3ccnc4ccc(F)cc34)C[C@@]2(C)C1. The van der Waals surface area contributed by atoms with Crippen LogP contribution in [0.4, 0.5) is 4.39 Å². The van der Waals surface area contributed by atoms with Gasteiger partial charge in [-0.25, -0.2) is 4.39 Å². The lowest BCUT2D eigenvalue weighted by Crippen LogP contribution is -2.41. The van der Waals surface area contributed by atoms with Gasteiger partial charge in [0.2, 0.25) is 5.91 Å². The number of hydrogen-bond acceptors (Lipinski definition) is 2. The number of hydrogen-bond donors (Lipinski definition) is 1. The minimum Gasteiger partial charge on any atom is -0.352 e. The van der Waals surface area contributed by atoms with Gasteiger partial charge in [-0.15, -0.1) is 0 Å². The van der Waals surface area contributed by atoms with E-state index in [9.17, 15) is 9.18 Å². The van der Waals surface area contributed by atoms with Crippen LogP contribution in [0.1, 0.15) is 78.2 Å². The fourth-order valence-electron chi connectivity index (χ4n) is 6.25. The molecule has 2 aromatic rings. The zero-order chi connectivity index (χ0) is 21.0. The Morgan fingerprint density at radius 1 is 1.14 bits per heavy atom. The molecule has 1 N–H and O–H groups in total. The first kappa shape index (κ1) is 20.3. The number of halogens is 1. The molecule has 0 aliphatic heterocycles. The number of rotatable bonds is 3. The molecule has 4 heteroatoms. The van der Waals surface area contributed by atoms with Gasteiger partial charge in [-0.1, -0.05) is 13.8 Å². The Balaban J connectivity index is 1.53. The topological polar surface area (TPSA) is 42.0 Å². The summed E-state index contributed by atoms with van der Waals surface area (Å²) in [6, 6.07) is 6.97. The first-order chi connectivity index (χ1) is 13.5. The Bertz CT molecular complexity index is 929. The molecule has 2 aliphatic carbocycles. The normalized spacial score (nSPS) is 31.8. The average Bonchev–Trinajstić information content (AvgIpc) is 2.95. The van der Waals surface area contributed by atoms with Crippen LogP contribution in [0.5, 0.6) is 0 Å². The van der Waals surface area contributed by atoms with Crippen molar-refractivity contribution < 1.29 is 9.18 Å². The molecule has 0 spiro atoms. The van der Waals surface area contributed by atoms with E-state index in [0.29, 0.717) is 18.3 Å². The lowest BCUT2D eigenvalue weighted by atomic mass is 9.71. The first-order valence-electron chi connectivity index (χ1n) is 10.8. The number of amides is 1. The number of fused-ring (bicyclic) bond motifs is 2. The van der Waals surface area contributed by atoms with Crippen molar-refractivity contribution >= 4 is 16.8 Å². The van der Waals surface area contributed by atoms with Crippen LogP contribution in [0.15, 0.2) is 30.5 Å². The Morgan fingerprint density at radius 3 is 2.41 bits per heavy atom. The van der Waals surface area contributed by atoms with Gasteiger partial charge in [-0.05, 0) is 98.9 Å². The predicted molar refractivity (Wildman–Crippen MR) is 115 cm³/mol. The molecule has 2 aliphatic rings. The van der Waals surface area contributed by atoms with Crippen LogP contribution in [0.3, 0.4) is 0 Å². The third-order valence-electron chi connectivity index (χ3n) is 7.49. The third kappa shape index (κ3) is 3.78. The van der Waals surface area contributed by atoms with Crippen molar-refractivity contribution in [2.24, 2.45) is 16.7 Å². The number of carbonyl (C=O) groups is 1. The van der Waals surface area contributed by atoms with Crippen LogP contribution in [-0.2, 0) is 4.79 Å². The molecule has 4 rings (SSSR count). The molecular formula is C25H33FN2O. The van der Waals surface area contributed by atoms with Crippen molar-refractivity contribution in [3.05, 3.63) is 41.8 Å². The van der Waals surface area contributed by atoms with E-state index in [1.807, 2.05) is 27.0 Å². The Labute approximate surface area is 173 Å². The molecule has 1 aromatic carbocycles. The lowest BCUT2D eigenvalue weighted by Gasteiger charge is -2.34. The maximum atomic E-state index is 13.9. The van der Waals surface area contributed by atoms with Crippen molar-refractivity contribution in [2.75, 3.05) is 0 Å².